The Bertz CT molecular complexity index is 3510. The number of phenols is 1. The number of rotatable bonds is 51. The molecular formula is C74H124N20O21. The molecule has 0 aromatic heterocycles. The molecule has 2 rings (SSSR count). The average Bonchev–Trinajstić information content (AvgIpc) is 1.52. The molecule has 1 aliphatic rings. The van der Waals surface area contributed by atoms with Gasteiger partial charge >= 0.3 is 5.97 Å². The summed E-state index contributed by atoms with van der Waals surface area (Å²) in [6.07, 6.45) is -0.832. The first-order chi connectivity index (χ1) is 53.8. The number of primary amides is 1. The van der Waals surface area contributed by atoms with E-state index in [0.29, 0.717) is 18.5 Å². The van der Waals surface area contributed by atoms with Crippen LogP contribution in [0.25, 0.3) is 0 Å². The van der Waals surface area contributed by atoms with E-state index in [0.717, 1.165) is 13.3 Å². The zero-order chi connectivity index (χ0) is 87.3. The maximum Gasteiger partial charge on any atom is 0.325 e. The van der Waals surface area contributed by atoms with Crippen molar-refractivity contribution >= 4 is 106 Å². The molecule has 0 spiro atoms. The lowest BCUT2D eigenvalue weighted by Gasteiger charge is -2.28. The minimum absolute atomic E-state index is 0.0109. The van der Waals surface area contributed by atoms with Gasteiger partial charge in [-0.15, -0.1) is 0 Å². The molecule has 1 heterocycles. The number of carbonyl (C=O) groups excluding carboxylic acids is 16. The third-order valence-corrected chi connectivity index (χ3v) is 18.2. The van der Waals surface area contributed by atoms with Crippen LogP contribution in [0.1, 0.15) is 167 Å². The van der Waals surface area contributed by atoms with Gasteiger partial charge < -0.3 is 123 Å². The van der Waals surface area contributed by atoms with Crippen molar-refractivity contribution in [2.75, 3.05) is 32.8 Å². The first-order valence-corrected chi connectivity index (χ1v) is 38.6. The summed E-state index contributed by atoms with van der Waals surface area (Å²) in [5, 5.41) is 80.2. The number of aromatic hydroxyl groups is 1. The van der Waals surface area contributed by atoms with Crippen LogP contribution >= 0.6 is 0 Å². The summed E-state index contributed by atoms with van der Waals surface area (Å²) in [5.74, 6) is -17.9. The van der Waals surface area contributed by atoms with Gasteiger partial charge in [0, 0.05) is 13.0 Å². The minimum Gasteiger partial charge on any atom is -0.508 e. The first-order valence-electron chi connectivity index (χ1n) is 38.6. The summed E-state index contributed by atoms with van der Waals surface area (Å²) in [7, 11) is 0. The van der Waals surface area contributed by atoms with Gasteiger partial charge in [0.15, 0.2) is 5.96 Å². The molecule has 115 heavy (non-hydrogen) atoms. The van der Waals surface area contributed by atoms with Gasteiger partial charge in [0.1, 0.15) is 84.3 Å². The number of carbonyl (C=O) groups is 17. The third-order valence-electron chi connectivity index (χ3n) is 18.2. The molecule has 0 unspecified atom stereocenters. The number of guanidine groups is 1. The Labute approximate surface area is 669 Å². The zero-order valence-electron chi connectivity index (χ0n) is 68.1. The average molecular weight is 1630 g/mol. The molecule has 0 aliphatic carbocycles. The third kappa shape index (κ3) is 37.8. The van der Waals surface area contributed by atoms with E-state index >= 15 is 0 Å². The molecule has 1 aliphatic heterocycles. The number of carboxylic acid groups (broad SMARTS) is 1. The van der Waals surface area contributed by atoms with Gasteiger partial charge in [-0.2, -0.15) is 0 Å². The summed E-state index contributed by atoms with van der Waals surface area (Å²) in [6.45, 7) is 20.2. The summed E-state index contributed by atoms with van der Waals surface area (Å²) in [6, 6.07) is -13.7. The van der Waals surface area contributed by atoms with Crippen LogP contribution < -0.4 is 102 Å². The van der Waals surface area contributed by atoms with Crippen molar-refractivity contribution in [3.8, 4) is 5.75 Å². The van der Waals surface area contributed by atoms with E-state index < -0.39 is 223 Å². The number of hydrogen-bond donors (Lipinski definition) is 23. The van der Waals surface area contributed by atoms with Crippen molar-refractivity contribution in [3.63, 3.8) is 0 Å². The molecule has 41 nitrogen and oxygen atoms in total. The van der Waals surface area contributed by atoms with Gasteiger partial charge in [-0.1, -0.05) is 87.8 Å². The monoisotopic (exact) mass is 1630 g/mol. The smallest absolute Gasteiger partial charge is 0.325 e. The summed E-state index contributed by atoms with van der Waals surface area (Å²) < 4.78 is 0. The fourth-order valence-electron chi connectivity index (χ4n) is 11.7. The number of nitrogens with two attached hydrogens (primary N) is 3. The van der Waals surface area contributed by atoms with Gasteiger partial charge in [0.05, 0.1) is 38.3 Å². The van der Waals surface area contributed by atoms with E-state index in [2.05, 4.69) is 90.1 Å². The predicted molar refractivity (Wildman–Crippen MR) is 418 cm³/mol. The van der Waals surface area contributed by atoms with Crippen LogP contribution in [0.3, 0.4) is 0 Å². The number of aliphatic hydroxyl groups excluding tert-OH is 2. The lowest BCUT2D eigenvalue weighted by molar-refractivity contribution is -0.142. The highest BCUT2D eigenvalue weighted by atomic mass is 16.4. The standard InChI is InChI=1S/C74H124N20O21/c1-15-39(10)58(93-61(102)41(12)83-72(113)59(43(14)96)94-69(110)53(31-55(75)98)92-68(109)51(29-38(8)9)89-64(105)47(19-17-25-79-74(76)77)87-63(104)46-18-16-24-78-46)71(112)81-33-57(100)86-54(34-95)70(111)90-50(28-37(6)7)65(106)82-40(11)60(101)88-48(26-35(2)3)62(103)80-32-56(99)85-49(27-36(4)5)67(108)91-52(66(107)84-42(13)73(114)115)30-44-20-22-45(97)23-21-44/h20-23,35-43,46-54,58-59,78,95-97H,15-19,24-34H2,1-14H3,(H2,75,98)(H,80,103)(H,81,112)(H,82,106)(H,83,113)(H,84,107)(H,85,99)(H,86,100)(H,87,104)(H,88,101)(H,89,105)(H,90,111)(H,91,108)(H,92,109)(H,93,102)(H,94,110)(H,114,115)(H4,76,77,79)/t39-,40-,41-,42-,43+,46-,47-,48-,49-,50-,51-,52-,53-,54-,58-,59-/m0/s1. The van der Waals surface area contributed by atoms with E-state index in [1.165, 1.54) is 45.0 Å². The van der Waals surface area contributed by atoms with Crippen molar-refractivity contribution < 1.29 is 102 Å². The highest BCUT2D eigenvalue weighted by Crippen LogP contribution is 2.17. The van der Waals surface area contributed by atoms with Crippen LogP contribution in [0.5, 0.6) is 5.75 Å². The van der Waals surface area contributed by atoms with Crippen LogP contribution in [-0.2, 0) is 87.9 Å². The van der Waals surface area contributed by atoms with Crippen LogP contribution in [0.4, 0.5) is 0 Å². The van der Waals surface area contributed by atoms with E-state index in [-0.39, 0.29) is 93.3 Å². The van der Waals surface area contributed by atoms with Gasteiger partial charge in [0.25, 0.3) is 0 Å². The quantitative estimate of drug-likeness (QED) is 0.0164. The van der Waals surface area contributed by atoms with E-state index in [1.54, 1.807) is 69.2 Å². The molecule has 646 valence electrons. The van der Waals surface area contributed by atoms with Crippen molar-refractivity contribution in [1.29, 1.82) is 0 Å². The van der Waals surface area contributed by atoms with Crippen LogP contribution in [-0.4, -0.2) is 250 Å². The predicted octanol–water partition coefficient (Wildman–Crippen LogP) is -6.10. The van der Waals surface area contributed by atoms with E-state index in [1.807, 2.05) is 0 Å². The molecule has 0 bridgehead atoms. The van der Waals surface area contributed by atoms with Crippen molar-refractivity contribution in [3.05, 3.63) is 29.8 Å². The zero-order valence-corrected chi connectivity index (χ0v) is 68.1. The molecule has 1 aromatic rings. The molecule has 1 saturated heterocycles. The maximum atomic E-state index is 14.0. The van der Waals surface area contributed by atoms with Gasteiger partial charge in [-0.25, -0.2) is 0 Å². The number of carboxylic acids is 1. The number of aliphatic carboxylic acids is 1. The van der Waals surface area contributed by atoms with Gasteiger partial charge in [0.2, 0.25) is 94.5 Å². The molecular weight excluding hydrogens is 1500 g/mol. The molecule has 0 radical (unpaired) electrons. The SMILES string of the molecule is CC[C@H](C)[C@H](NC(=O)[C@H](C)NC(=O)[C@@H](NC(=O)[C@H](CC(N)=O)NC(=O)[C@H](CC(C)C)NC(=O)[C@H](CCCN=C(N)N)NC(=O)[C@@H]1CCCN1)[C@@H](C)O)C(=O)NCC(=O)N[C@@H](CO)C(=O)N[C@@H](CC(C)C)C(=O)N[C@@H](C)C(=O)N[C@@H](CC(C)C)C(=O)NCC(=O)N[C@@H](CC(C)C)C(=O)N[C@@H](Cc1ccc(O)cc1)C(=O)N[C@@H](C)C(=O)O. The van der Waals surface area contributed by atoms with Crippen LogP contribution in [0, 0.1) is 29.6 Å². The fourth-order valence-corrected chi connectivity index (χ4v) is 11.7. The topological polar surface area (TPSA) is 654 Å². The minimum atomic E-state index is -1.87. The summed E-state index contributed by atoms with van der Waals surface area (Å²) >= 11 is 0. The highest BCUT2D eigenvalue weighted by molar-refractivity contribution is 6.01. The Balaban J connectivity index is 2.15. The maximum absolute atomic E-state index is 14.0. The van der Waals surface area contributed by atoms with Crippen molar-refractivity contribution in [2.24, 2.45) is 51.8 Å². The Morgan fingerprint density at radius 1 is 0.470 bits per heavy atom. The molecule has 16 amide bonds. The van der Waals surface area contributed by atoms with Crippen molar-refractivity contribution in [1.82, 2.24) is 85.1 Å². The molecule has 1 fully saturated rings. The van der Waals surface area contributed by atoms with Crippen LogP contribution in [0.15, 0.2) is 29.3 Å². The molecule has 16 atom stereocenters. The normalized spacial score (nSPS) is 16.4. The number of nitrogens with zero attached hydrogens (tertiary/aromatic N) is 1. The van der Waals surface area contributed by atoms with Gasteiger partial charge in [-0.3, -0.25) is 86.5 Å². The molecule has 26 N–H and O–H groups in total. The summed E-state index contributed by atoms with van der Waals surface area (Å²) in [5.41, 5.74) is 16.9. The first kappa shape index (κ1) is 100. The Morgan fingerprint density at radius 2 is 0.878 bits per heavy atom. The lowest BCUT2D eigenvalue weighted by Crippen LogP contribution is -2.62. The number of aliphatic imine (C=N–C) groups is 1. The molecule has 0 saturated carbocycles. The second-order valence-electron chi connectivity index (χ2n) is 30.5. The Morgan fingerprint density at radius 3 is 1.35 bits per heavy atom. The Hall–Kier alpha value is -10.8. The molecule has 1 aromatic carbocycles. The number of amides is 16. The summed E-state index contributed by atoms with van der Waals surface area (Å²) in [4.78, 5) is 233. The molecule has 41 heteroatoms. The fraction of sp³-hybridized carbons (Fsp3) is 0.676. The van der Waals surface area contributed by atoms with E-state index in [9.17, 15) is 102 Å². The number of hydrogen-bond acceptors (Lipinski definition) is 22. The number of benzene rings is 1. The number of nitrogens with one attached hydrogen (secondary N) is 16. The largest absolute Gasteiger partial charge is 0.508 e. The van der Waals surface area contributed by atoms with Crippen LogP contribution in [0.2, 0.25) is 0 Å². The second kappa shape index (κ2) is 50.4. The van der Waals surface area contributed by atoms with Gasteiger partial charge in [-0.05, 0) is 133 Å². The lowest BCUT2D eigenvalue weighted by atomic mass is 9.98. The highest BCUT2D eigenvalue weighted by Gasteiger charge is 2.39. The van der Waals surface area contributed by atoms with E-state index in [4.69, 9.17) is 17.2 Å². The van der Waals surface area contributed by atoms with Crippen molar-refractivity contribution in [2.45, 2.75) is 258 Å². The second-order valence-corrected chi connectivity index (χ2v) is 30.5. The number of aliphatic hydroxyl groups is 2. The Kier molecular flexibility index (Phi) is 43.9. The number of phenolic OH excluding ortho intramolecular Hbond substituents is 1.